The molecule has 1 aromatic rings. The number of hydrogen-bond donors (Lipinski definition) is 9. The van der Waals surface area contributed by atoms with Crippen molar-refractivity contribution in [3.8, 4) is 5.75 Å². The van der Waals surface area contributed by atoms with E-state index >= 15 is 0 Å². The van der Waals surface area contributed by atoms with Crippen molar-refractivity contribution in [2.75, 3.05) is 6.54 Å². The van der Waals surface area contributed by atoms with Gasteiger partial charge in [0.15, 0.2) is 5.96 Å². The maximum absolute atomic E-state index is 13.2. The first-order chi connectivity index (χ1) is 18.3. The first-order valence-electron chi connectivity index (χ1n) is 12.7. The van der Waals surface area contributed by atoms with Crippen molar-refractivity contribution in [3.05, 3.63) is 29.8 Å². The number of carboxylic acid groups (broad SMARTS) is 1. The predicted molar refractivity (Wildman–Crippen MR) is 144 cm³/mol. The molecule has 0 saturated heterocycles. The van der Waals surface area contributed by atoms with Gasteiger partial charge in [0.2, 0.25) is 17.7 Å². The summed E-state index contributed by atoms with van der Waals surface area (Å²) in [6, 6.07) is 1.29. The molecule has 1 rings (SSSR count). The maximum atomic E-state index is 13.2. The van der Waals surface area contributed by atoms with Crippen molar-refractivity contribution in [1.82, 2.24) is 16.0 Å². The number of amides is 3. The van der Waals surface area contributed by atoms with E-state index in [4.69, 9.17) is 17.2 Å². The summed E-state index contributed by atoms with van der Waals surface area (Å²) in [6.45, 7) is 4.96. The molecule has 0 heterocycles. The van der Waals surface area contributed by atoms with E-state index in [2.05, 4.69) is 20.9 Å². The lowest BCUT2D eigenvalue weighted by atomic mass is 9.96. The molecule has 12 N–H and O–H groups in total. The molecule has 0 aliphatic carbocycles. The number of rotatable bonds is 16. The fraction of sp³-hybridized carbons (Fsp3) is 0.560. The quantitative estimate of drug-likeness (QED) is 0.0638. The van der Waals surface area contributed by atoms with E-state index in [0.717, 1.165) is 0 Å². The van der Waals surface area contributed by atoms with Gasteiger partial charge in [0, 0.05) is 6.54 Å². The van der Waals surface area contributed by atoms with Gasteiger partial charge in [0.05, 0.1) is 12.1 Å². The highest BCUT2D eigenvalue weighted by atomic mass is 16.4. The Morgan fingerprint density at radius 3 is 2.03 bits per heavy atom. The molecule has 0 aliphatic heterocycles. The van der Waals surface area contributed by atoms with Crippen LogP contribution in [0.15, 0.2) is 29.3 Å². The zero-order valence-corrected chi connectivity index (χ0v) is 22.5. The summed E-state index contributed by atoms with van der Waals surface area (Å²) in [5.74, 6) is -4.00. The van der Waals surface area contributed by atoms with Crippen LogP contribution in [-0.4, -0.2) is 81.8 Å². The van der Waals surface area contributed by atoms with Gasteiger partial charge in [-0.1, -0.05) is 32.4 Å². The first-order valence-corrected chi connectivity index (χ1v) is 12.7. The third kappa shape index (κ3) is 11.6. The smallest absolute Gasteiger partial charge is 0.326 e. The molecule has 14 nitrogen and oxygen atoms in total. The normalized spacial score (nSPS) is 15.5. The number of carbonyl (C=O) groups excluding carboxylic acids is 3. The number of carboxylic acids is 1. The van der Waals surface area contributed by atoms with Crippen molar-refractivity contribution in [1.29, 1.82) is 0 Å². The largest absolute Gasteiger partial charge is 0.508 e. The molecule has 1 aromatic carbocycles. The number of aromatic hydroxyl groups is 1. The molecule has 0 aliphatic rings. The Hall–Kier alpha value is -3.91. The number of phenolic OH excluding ortho intramolecular Hbond substituents is 1. The highest BCUT2D eigenvalue weighted by Crippen LogP contribution is 2.13. The zero-order chi connectivity index (χ0) is 29.7. The SMILES string of the molecule is CCC(C)C(NC(=O)C(N)Cc1ccc(O)cc1)C(=O)NC(C(=O)NC(CCCN=C(N)N)C(=O)O)C(C)O. The second kappa shape index (κ2) is 16.1. The van der Waals surface area contributed by atoms with E-state index in [0.29, 0.717) is 12.0 Å². The summed E-state index contributed by atoms with van der Waals surface area (Å²) in [7, 11) is 0. The Labute approximate surface area is 227 Å². The van der Waals surface area contributed by atoms with Crippen LogP contribution in [-0.2, 0) is 25.6 Å². The number of benzene rings is 1. The number of guanidine groups is 1. The summed E-state index contributed by atoms with van der Waals surface area (Å²) in [5.41, 5.74) is 17.2. The second-order valence-corrected chi connectivity index (χ2v) is 9.42. The molecule has 14 heteroatoms. The number of hydrogen-bond acceptors (Lipinski definition) is 8. The van der Waals surface area contributed by atoms with Crippen molar-refractivity contribution < 1.29 is 34.5 Å². The molecule has 0 bridgehead atoms. The molecule has 0 aromatic heterocycles. The molecule has 0 radical (unpaired) electrons. The van der Waals surface area contributed by atoms with Crippen LogP contribution in [0.25, 0.3) is 0 Å². The Bertz CT molecular complexity index is 997. The van der Waals surface area contributed by atoms with E-state index in [-0.39, 0.29) is 43.4 Å². The lowest BCUT2D eigenvalue weighted by Gasteiger charge is -2.29. The molecule has 218 valence electrons. The topological polar surface area (TPSA) is 255 Å². The number of aliphatic carboxylic acids is 1. The summed E-state index contributed by atoms with van der Waals surface area (Å²) in [5, 5.41) is 36.4. The van der Waals surface area contributed by atoms with Crippen LogP contribution in [0.4, 0.5) is 0 Å². The number of aliphatic hydroxyl groups excluding tert-OH is 1. The van der Waals surface area contributed by atoms with Crippen molar-refractivity contribution in [2.45, 2.75) is 76.7 Å². The monoisotopic (exact) mass is 551 g/mol. The Morgan fingerprint density at radius 2 is 1.51 bits per heavy atom. The lowest BCUT2D eigenvalue weighted by molar-refractivity contribution is -0.143. The van der Waals surface area contributed by atoms with E-state index in [1.165, 1.54) is 19.1 Å². The lowest BCUT2D eigenvalue weighted by Crippen LogP contribution is -2.61. The molecule has 0 spiro atoms. The van der Waals surface area contributed by atoms with Crippen molar-refractivity contribution in [3.63, 3.8) is 0 Å². The van der Waals surface area contributed by atoms with Gasteiger partial charge in [-0.15, -0.1) is 0 Å². The fourth-order valence-electron chi connectivity index (χ4n) is 3.61. The number of aliphatic hydroxyl groups is 1. The standard InChI is InChI=1S/C25H41N7O7/c1-4-13(2)19(31-21(35)17(26)12-15-7-9-16(34)10-8-15)22(36)32-20(14(3)33)23(37)30-18(24(38)39)6-5-11-29-25(27)28/h7-10,13-14,17-20,33-34H,4-6,11-12,26H2,1-3H3,(H,30,37)(H,31,35)(H,32,36)(H,38,39)(H4,27,28,29). The Kier molecular flexibility index (Phi) is 13.7. The Morgan fingerprint density at radius 1 is 0.949 bits per heavy atom. The van der Waals surface area contributed by atoms with E-state index in [1.54, 1.807) is 19.1 Å². The van der Waals surface area contributed by atoms with E-state index in [1.807, 2.05) is 6.92 Å². The summed E-state index contributed by atoms with van der Waals surface area (Å²) in [4.78, 5) is 54.2. The first kappa shape index (κ1) is 33.1. The van der Waals surface area contributed by atoms with Gasteiger partial charge in [-0.2, -0.15) is 0 Å². The van der Waals surface area contributed by atoms with Gasteiger partial charge in [-0.25, -0.2) is 4.79 Å². The van der Waals surface area contributed by atoms with Crippen molar-refractivity contribution in [2.24, 2.45) is 28.1 Å². The molecule has 3 amide bonds. The second-order valence-electron chi connectivity index (χ2n) is 9.42. The maximum Gasteiger partial charge on any atom is 0.326 e. The van der Waals surface area contributed by atoms with Crippen LogP contribution in [0.3, 0.4) is 0 Å². The number of carbonyl (C=O) groups is 4. The number of nitrogens with two attached hydrogens (primary N) is 3. The predicted octanol–water partition coefficient (Wildman–Crippen LogP) is -1.72. The fourth-order valence-corrected chi connectivity index (χ4v) is 3.61. The minimum Gasteiger partial charge on any atom is -0.508 e. The van der Waals surface area contributed by atoms with E-state index in [9.17, 15) is 34.5 Å². The molecule has 6 unspecified atom stereocenters. The van der Waals surface area contributed by atoms with Crippen LogP contribution < -0.4 is 33.2 Å². The zero-order valence-electron chi connectivity index (χ0n) is 22.5. The van der Waals surface area contributed by atoms with Gasteiger partial charge in [0.1, 0.15) is 23.9 Å². The van der Waals surface area contributed by atoms with Gasteiger partial charge in [-0.3, -0.25) is 19.4 Å². The van der Waals surface area contributed by atoms with Gasteiger partial charge >= 0.3 is 5.97 Å². The van der Waals surface area contributed by atoms with Gasteiger partial charge in [-0.05, 0) is 49.8 Å². The molecular formula is C25H41N7O7. The molecule has 39 heavy (non-hydrogen) atoms. The molecule has 6 atom stereocenters. The number of phenols is 1. The minimum absolute atomic E-state index is 0.00278. The average molecular weight is 552 g/mol. The number of aliphatic imine (C=N–C) groups is 1. The average Bonchev–Trinajstić information content (AvgIpc) is 2.87. The third-order valence-corrected chi connectivity index (χ3v) is 6.14. The van der Waals surface area contributed by atoms with Crippen LogP contribution in [0, 0.1) is 5.92 Å². The molecular weight excluding hydrogens is 510 g/mol. The molecule has 0 fully saturated rings. The minimum atomic E-state index is -1.49. The van der Waals surface area contributed by atoms with Crippen LogP contribution in [0.1, 0.15) is 45.6 Å². The number of nitrogens with zero attached hydrogens (tertiary/aromatic N) is 1. The van der Waals surface area contributed by atoms with Gasteiger partial charge < -0.3 is 48.5 Å². The Balaban J connectivity index is 2.92. The highest BCUT2D eigenvalue weighted by Gasteiger charge is 2.34. The van der Waals surface area contributed by atoms with Crippen LogP contribution >= 0.6 is 0 Å². The molecule has 0 saturated carbocycles. The van der Waals surface area contributed by atoms with Gasteiger partial charge in [0.25, 0.3) is 0 Å². The van der Waals surface area contributed by atoms with Crippen LogP contribution in [0.2, 0.25) is 0 Å². The summed E-state index contributed by atoms with van der Waals surface area (Å²) in [6.07, 6.45) is -0.473. The number of nitrogens with one attached hydrogen (secondary N) is 3. The van der Waals surface area contributed by atoms with Crippen LogP contribution in [0.5, 0.6) is 5.75 Å². The highest BCUT2D eigenvalue weighted by molar-refractivity contribution is 5.94. The third-order valence-electron chi connectivity index (χ3n) is 6.14. The van der Waals surface area contributed by atoms with Crippen molar-refractivity contribution >= 4 is 29.7 Å². The summed E-state index contributed by atoms with van der Waals surface area (Å²) < 4.78 is 0. The van der Waals surface area contributed by atoms with E-state index < -0.39 is 54.0 Å². The summed E-state index contributed by atoms with van der Waals surface area (Å²) >= 11 is 0.